The normalized spacial score (nSPS) is 10.3. The van der Waals surface area contributed by atoms with Crippen molar-refractivity contribution < 1.29 is 0 Å². The summed E-state index contributed by atoms with van der Waals surface area (Å²) >= 11 is 0. The summed E-state index contributed by atoms with van der Waals surface area (Å²) in [6.45, 7) is 6.47. The highest BCUT2D eigenvalue weighted by Gasteiger charge is 1.79. The third kappa shape index (κ3) is 8.97. The predicted molar refractivity (Wildman–Crippen MR) is 47.9 cm³/mol. The van der Waals surface area contributed by atoms with E-state index in [-0.39, 0.29) is 0 Å². The average Bonchev–Trinajstić information content (AvgIpc) is 1.96. The number of nitrogens with zero attached hydrogens (tertiary/aromatic N) is 1. The predicted octanol–water partition coefficient (Wildman–Crippen LogP) is 0.339. The third-order valence-electron chi connectivity index (χ3n) is 1.05. The van der Waals surface area contributed by atoms with E-state index < -0.39 is 0 Å². The van der Waals surface area contributed by atoms with Gasteiger partial charge in [0.25, 0.3) is 0 Å². The van der Waals surface area contributed by atoms with E-state index in [0.717, 1.165) is 13.0 Å². The standard InChI is InChI=1S/C7H16N4/c1-3-4-5-10-11-6-9-7(2)8/h6,10H,2-5,8H2,1H3,(H,9,11). The summed E-state index contributed by atoms with van der Waals surface area (Å²) in [6.07, 6.45) is 3.80. The number of aliphatic imine (C=N–C) groups is 1. The van der Waals surface area contributed by atoms with E-state index in [1.807, 2.05) is 0 Å². The van der Waals surface area contributed by atoms with Gasteiger partial charge in [-0.15, -0.1) is 0 Å². The second-order valence-electron chi connectivity index (χ2n) is 2.17. The fourth-order valence-electron chi connectivity index (χ4n) is 0.498. The molecule has 11 heavy (non-hydrogen) atoms. The maximum atomic E-state index is 5.17. The molecule has 4 nitrogen and oxygen atoms in total. The molecule has 0 bridgehead atoms. The molecule has 0 amide bonds. The zero-order chi connectivity index (χ0) is 8.53. The Labute approximate surface area is 67.5 Å². The van der Waals surface area contributed by atoms with Crippen LogP contribution in [0.25, 0.3) is 0 Å². The molecule has 0 fully saturated rings. The third-order valence-corrected chi connectivity index (χ3v) is 1.05. The summed E-state index contributed by atoms with van der Waals surface area (Å²) in [4.78, 5) is 3.71. The monoisotopic (exact) mass is 156 g/mol. The van der Waals surface area contributed by atoms with E-state index in [1.165, 1.54) is 12.8 Å². The van der Waals surface area contributed by atoms with Crippen molar-refractivity contribution in [3.05, 3.63) is 12.4 Å². The maximum Gasteiger partial charge on any atom is 0.117 e. The van der Waals surface area contributed by atoms with Crippen molar-refractivity contribution in [3.8, 4) is 0 Å². The second-order valence-corrected chi connectivity index (χ2v) is 2.17. The van der Waals surface area contributed by atoms with Crippen LogP contribution < -0.4 is 16.6 Å². The Bertz CT molecular complexity index is 130. The van der Waals surface area contributed by atoms with E-state index in [0.29, 0.717) is 5.82 Å². The van der Waals surface area contributed by atoms with Crippen molar-refractivity contribution >= 4 is 6.34 Å². The van der Waals surface area contributed by atoms with Crippen molar-refractivity contribution in [2.75, 3.05) is 6.54 Å². The molecule has 0 radical (unpaired) electrons. The van der Waals surface area contributed by atoms with E-state index >= 15 is 0 Å². The van der Waals surface area contributed by atoms with Crippen molar-refractivity contribution in [3.63, 3.8) is 0 Å². The molecule has 0 saturated carbocycles. The maximum absolute atomic E-state index is 5.17. The van der Waals surface area contributed by atoms with Crippen molar-refractivity contribution in [2.45, 2.75) is 19.8 Å². The second kappa shape index (κ2) is 7.08. The molecule has 64 valence electrons. The summed E-state index contributed by atoms with van der Waals surface area (Å²) in [5, 5.41) is 0. The molecule has 0 atom stereocenters. The van der Waals surface area contributed by atoms with Crippen LogP contribution >= 0.6 is 0 Å². The van der Waals surface area contributed by atoms with Gasteiger partial charge in [0, 0.05) is 6.54 Å². The van der Waals surface area contributed by atoms with Crippen molar-refractivity contribution in [2.24, 2.45) is 10.7 Å². The van der Waals surface area contributed by atoms with Crippen LogP contribution in [0.5, 0.6) is 0 Å². The molecular weight excluding hydrogens is 140 g/mol. The molecule has 0 heterocycles. The van der Waals surface area contributed by atoms with Gasteiger partial charge < -0.3 is 11.2 Å². The van der Waals surface area contributed by atoms with E-state index in [9.17, 15) is 0 Å². The van der Waals surface area contributed by atoms with Crippen LogP contribution in [0, 0.1) is 0 Å². The van der Waals surface area contributed by atoms with E-state index in [4.69, 9.17) is 5.73 Å². The minimum Gasteiger partial charge on any atom is -0.384 e. The number of hydrogen-bond donors (Lipinski definition) is 3. The Balaban J connectivity index is 3.07. The zero-order valence-electron chi connectivity index (χ0n) is 6.93. The van der Waals surface area contributed by atoms with E-state index in [1.54, 1.807) is 0 Å². The number of nitrogens with one attached hydrogen (secondary N) is 2. The number of unbranched alkanes of at least 4 members (excludes halogenated alkanes) is 1. The van der Waals surface area contributed by atoms with Gasteiger partial charge in [0.2, 0.25) is 0 Å². The number of hydrazine groups is 1. The molecule has 0 aliphatic heterocycles. The lowest BCUT2D eigenvalue weighted by molar-refractivity contribution is 0.618. The molecule has 0 unspecified atom stereocenters. The topological polar surface area (TPSA) is 62.4 Å². The van der Waals surface area contributed by atoms with Gasteiger partial charge in [-0.3, -0.25) is 0 Å². The Hall–Kier alpha value is -1.03. The Morgan fingerprint density at radius 1 is 1.73 bits per heavy atom. The van der Waals surface area contributed by atoms with Gasteiger partial charge in [-0.25, -0.2) is 10.4 Å². The number of hydrogen-bond acceptors (Lipinski definition) is 3. The summed E-state index contributed by atoms with van der Waals surface area (Å²) in [7, 11) is 0. The van der Waals surface area contributed by atoms with Gasteiger partial charge in [-0.1, -0.05) is 19.9 Å². The largest absolute Gasteiger partial charge is 0.384 e. The molecule has 4 heteroatoms. The summed E-state index contributed by atoms with van der Waals surface area (Å²) in [5.74, 6) is 0.301. The molecule has 0 aromatic rings. The molecule has 0 aliphatic carbocycles. The van der Waals surface area contributed by atoms with Crippen LogP contribution in [0.15, 0.2) is 17.4 Å². The first-order chi connectivity index (χ1) is 5.27. The lowest BCUT2D eigenvalue weighted by Crippen LogP contribution is -2.31. The van der Waals surface area contributed by atoms with Gasteiger partial charge in [-0.05, 0) is 6.42 Å². The molecule has 0 rings (SSSR count). The van der Waals surface area contributed by atoms with Gasteiger partial charge in [0.15, 0.2) is 0 Å². The summed E-state index contributed by atoms with van der Waals surface area (Å²) in [5.41, 5.74) is 10.9. The average molecular weight is 156 g/mol. The Morgan fingerprint density at radius 2 is 2.45 bits per heavy atom. The fourth-order valence-corrected chi connectivity index (χ4v) is 0.498. The highest BCUT2D eigenvalue weighted by molar-refractivity contribution is 5.54. The minimum atomic E-state index is 0.301. The van der Waals surface area contributed by atoms with Crippen LogP contribution in [0.3, 0.4) is 0 Å². The number of rotatable bonds is 6. The first-order valence-corrected chi connectivity index (χ1v) is 3.72. The first kappa shape index (κ1) is 9.97. The van der Waals surface area contributed by atoms with Gasteiger partial charge in [0.05, 0.1) is 0 Å². The Kier molecular flexibility index (Phi) is 6.42. The van der Waals surface area contributed by atoms with Gasteiger partial charge in [-0.2, -0.15) is 0 Å². The molecule has 0 aromatic carbocycles. The van der Waals surface area contributed by atoms with Crippen LogP contribution in [0.1, 0.15) is 19.8 Å². The van der Waals surface area contributed by atoms with Crippen LogP contribution in [-0.2, 0) is 0 Å². The Morgan fingerprint density at radius 3 is 3.00 bits per heavy atom. The number of nitrogens with two attached hydrogens (primary N) is 1. The molecular formula is C7H16N4. The summed E-state index contributed by atoms with van der Waals surface area (Å²) in [6, 6.07) is 0. The molecule has 0 saturated heterocycles. The van der Waals surface area contributed by atoms with Crippen LogP contribution in [0.2, 0.25) is 0 Å². The fraction of sp³-hybridized carbons (Fsp3) is 0.571. The molecule has 0 aromatic heterocycles. The highest BCUT2D eigenvalue weighted by Crippen LogP contribution is 1.79. The highest BCUT2D eigenvalue weighted by atomic mass is 15.4. The first-order valence-electron chi connectivity index (χ1n) is 3.72. The lowest BCUT2D eigenvalue weighted by Gasteiger charge is -2.00. The quantitative estimate of drug-likeness (QED) is 0.225. The van der Waals surface area contributed by atoms with Crippen molar-refractivity contribution in [1.82, 2.24) is 10.9 Å². The van der Waals surface area contributed by atoms with E-state index in [2.05, 4.69) is 29.3 Å². The zero-order valence-corrected chi connectivity index (χ0v) is 6.93. The van der Waals surface area contributed by atoms with Gasteiger partial charge >= 0.3 is 0 Å². The van der Waals surface area contributed by atoms with Gasteiger partial charge in [0.1, 0.15) is 12.2 Å². The molecule has 0 aliphatic rings. The minimum absolute atomic E-state index is 0.301. The molecule has 0 spiro atoms. The van der Waals surface area contributed by atoms with Crippen LogP contribution in [-0.4, -0.2) is 12.9 Å². The van der Waals surface area contributed by atoms with Crippen LogP contribution in [0.4, 0.5) is 0 Å². The van der Waals surface area contributed by atoms with Crippen molar-refractivity contribution in [1.29, 1.82) is 0 Å². The lowest BCUT2D eigenvalue weighted by atomic mass is 10.3. The molecule has 4 N–H and O–H groups in total. The SMILES string of the molecule is C=C(N)/N=C\NNCCCC. The summed E-state index contributed by atoms with van der Waals surface area (Å²) < 4.78 is 0. The smallest absolute Gasteiger partial charge is 0.117 e.